The van der Waals surface area contributed by atoms with Crippen molar-refractivity contribution >= 4 is 5.91 Å². The molecule has 0 aliphatic carbocycles. The van der Waals surface area contributed by atoms with Gasteiger partial charge in [0.05, 0.1) is 12.3 Å². The molecule has 5 nitrogen and oxygen atoms in total. The van der Waals surface area contributed by atoms with Crippen LogP contribution in [0.2, 0.25) is 0 Å². The summed E-state index contributed by atoms with van der Waals surface area (Å²) < 4.78 is 4.81. The van der Waals surface area contributed by atoms with Gasteiger partial charge in [0.15, 0.2) is 0 Å². The van der Waals surface area contributed by atoms with Crippen LogP contribution in [0.25, 0.3) is 0 Å². The van der Waals surface area contributed by atoms with E-state index >= 15 is 0 Å². The highest BCUT2D eigenvalue weighted by Gasteiger charge is 2.16. The third kappa shape index (κ3) is 3.36. The van der Waals surface area contributed by atoms with Crippen molar-refractivity contribution in [1.29, 1.82) is 0 Å². The lowest BCUT2D eigenvalue weighted by Gasteiger charge is -2.14. The molecule has 0 fully saturated rings. The molecule has 0 bridgehead atoms. The maximum absolute atomic E-state index is 11.6. The van der Waals surface area contributed by atoms with E-state index in [-0.39, 0.29) is 17.7 Å². The van der Waals surface area contributed by atoms with Crippen molar-refractivity contribution in [3.63, 3.8) is 0 Å². The molecule has 1 aromatic rings. The summed E-state index contributed by atoms with van der Waals surface area (Å²) in [6.45, 7) is 5.27. The molecular formula is C10H16N2O3. The van der Waals surface area contributed by atoms with Gasteiger partial charge in [-0.3, -0.25) is 4.79 Å². The zero-order valence-corrected chi connectivity index (χ0v) is 9.15. The third-order valence-corrected chi connectivity index (χ3v) is 2.03. The fraction of sp³-hybridized carbons (Fsp3) is 0.600. The molecule has 1 rings (SSSR count). The molecule has 2 unspecified atom stereocenters. The van der Waals surface area contributed by atoms with Crippen LogP contribution in [0, 0.1) is 6.92 Å². The Morgan fingerprint density at radius 1 is 1.67 bits per heavy atom. The predicted molar refractivity (Wildman–Crippen MR) is 54.5 cm³/mol. The Kier molecular flexibility index (Phi) is 3.85. The number of hydrogen-bond acceptors (Lipinski definition) is 4. The standard InChI is InChI=1S/C10H16N2O3/c1-6-5-11-15-9(6)10(14)12-7(2)4-8(3)13/h5,7-8,13H,4H2,1-3H3,(H,12,14). The first-order chi connectivity index (χ1) is 7.00. The second-order valence-electron chi connectivity index (χ2n) is 3.80. The topological polar surface area (TPSA) is 75.4 Å². The molecule has 0 saturated heterocycles. The van der Waals surface area contributed by atoms with Crippen molar-refractivity contribution in [3.05, 3.63) is 17.5 Å². The van der Waals surface area contributed by atoms with Gasteiger partial charge in [0, 0.05) is 11.6 Å². The minimum Gasteiger partial charge on any atom is -0.393 e. The maximum atomic E-state index is 11.6. The van der Waals surface area contributed by atoms with Crippen LogP contribution in [-0.4, -0.2) is 28.3 Å². The molecule has 1 heterocycles. The van der Waals surface area contributed by atoms with E-state index in [1.54, 1.807) is 13.8 Å². The molecule has 2 N–H and O–H groups in total. The summed E-state index contributed by atoms with van der Waals surface area (Å²) in [7, 11) is 0. The van der Waals surface area contributed by atoms with Gasteiger partial charge >= 0.3 is 0 Å². The molecule has 0 saturated carbocycles. The fourth-order valence-corrected chi connectivity index (χ4v) is 1.37. The lowest BCUT2D eigenvalue weighted by molar-refractivity contribution is 0.0885. The number of aromatic nitrogens is 1. The monoisotopic (exact) mass is 212 g/mol. The Morgan fingerprint density at radius 3 is 2.80 bits per heavy atom. The van der Waals surface area contributed by atoms with Crippen molar-refractivity contribution in [2.24, 2.45) is 0 Å². The van der Waals surface area contributed by atoms with Crippen molar-refractivity contribution in [2.75, 3.05) is 0 Å². The van der Waals surface area contributed by atoms with Crippen LogP contribution in [0.3, 0.4) is 0 Å². The van der Waals surface area contributed by atoms with E-state index in [4.69, 9.17) is 9.63 Å². The fourth-order valence-electron chi connectivity index (χ4n) is 1.37. The van der Waals surface area contributed by atoms with Crippen molar-refractivity contribution in [1.82, 2.24) is 10.5 Å². The minimum atomic E-state index is -0.434. The summed E-state index contributed by atoms with van der Waals surface area (Å²) in [5.74, 6) is -0.0643. The van der Waals surface area contributed by atoms with Gasteiger partial charge in [-0.25, -0.2) is 0 Å². The van der Waals surface area contributed by atoms with Crippen LogP contribution in [0.5, 0.6) is 0 Å². The van der Waals surface area contributed by atoms with Crippen LogP contribution in [0.15, 0.2) is 10.7 Å². The highest BCUT2D eigenvalue weighted by molar-refractivity contribution is 5.92. The Hall–Kier alpha value is -1.36. The summed E-state index contributed by atoms with van der Waals surface area (Å²) in [6, 6.07) is -0.0954. The van der Waals surface area contributed by atoms with Gasteiger partial charge in [0.2, 0.25) is 5.76 Å². The molecule has 15 heavy (non-hydrogen) atoms. The largest absolute Gasteiger partial charge is 0.393 e. The molecule has 84 valence electrons. The summed E-state index contributed by atoms with van der Waals surface area (Å²) in [6.07, 6.45) is 1.57. The summed E-state index contributed by atoms with van der Waals surface area (Å²) >= 11 is 0. The average molecular weight is 212 g/mol. The van der Waals surface area contributed by atoms with Crippen LogP contribution in [0.4, 0.5) is 0 Å². The van der Waals surface area contributed by atoms with E-state index in [0.717, 1.165) is 0 Å². The second kappa shape index (κ2) is 4.93. The summed E-state index contributed by atoms with van der Waals surface area (Å²) in [5, 5.41) is 15.4. The van der Waals surface area contributed by atoms with Crippen molar-refractivity contribution in [2.45, 2.75) is 39.3 Å². The molecule has 1 aromatic heterocycles. The minimum absolute atomic E-state index is 0.0954. The summed E-state index contributed by atoms with van der Waals surface area (Å²) in [5.41, 5.74) is 0.705. The van der Waals surface area contributed by atoms with Crippen molar-refractivity contribution in [3.8, 4) is 0 Å². The number of carbonyl (C=O) groups excluding carboxylic acids is 1. The Bertz CT molecular complexity index is 333. The number of hydrogen-bond donors (Lipinski definition) is 2. The Balaban J connectivity index is 2.53. The number of nitrogens with zero attached hydrogens (tertiary/aromatic N) is 1. The molecule has 0 aliphatic rings. The number of carbonyl (C=O) groups is 1. The lowest BCUT2D eigenvalue weighted by Crippen LogP contribution is -2.34. The maximum Gasteiger partial charge on any atom is 0.290 e. The first-order valence-electron chi connectivity index (χ1n) is 4.91. The van der Waals surface area contributed by atoms with E-state index in [1.165, 1.54) is 6.20 Å². The molecule has 0 aliphatic heterocycles. The second-order valence-corrected chi connectivity index (χ2v) is 3.80. The van der Waals surface area contributed by atoms with E-state index in [9.17, 15) is 4.79 Å². The molecule has 1 amide bonds. The molecule has 0 radical (unpaired) electrons. The van der Waals surface area contributed by atoms with Crippen LogP contribution in [0.1, 0.15) is 36.4 Å². The van der Waals surface area contributed by atoms with Crippen molar-refractivity contribution < 1.29 is 14.4 Å². The zero-order chi connectivity index (χ0) is 11.4. The first-order valence-corrected chi connectivity index (χ1v) is 4.91. The van der Waals surface area contributed by atoms with Crippen LogP contribution < -0.4 is 5.32 Å². The molecule has 0 spiro atoms. The number of amides is 1. The van der Waals surface area contributed by atoms with Gasteiger partial charge in [0.25, 0.3) is 5.91 Å². The lowest BCUT2D eigenvalue weighted by atomic mass is 10.1. The molecular weight excluding hydrogens is 196 g/mol. The van der Waals surface area contributed by atoms with Gasteiger partial charge in [-0.05, 0) is 27.2 Å². The van der Waals surface area contributed by atoms with E-state index in [0.29, 0.717) is 12.0 Å². The zero-order valence-electron chi connectivity index (χ0n) is 9.15. The highest BCUT2D eigenvalue weighted by atomic mass is 16.5. The smallest absolute Gasteiger partial charge is 0.290 e. The van der Waals surface area contributed by atoms with Gasteiger partial charge in [0.1, 0.15) is 0 Å². The Labute approximate surface area is 88.5 Å². The third-order valence-electron chi connectivity index (χ3n) is 2.03. The number of rotatable bonds is 4. The van der Waals surface area contributed by atoms with Gasteiger partial charge in [-0.1, -0.05) is 5.16 Å². The number of aliphatic hydroxyl groups excluding tert-OH is 1. The van der Waals surface area contributed by atoms with Crippen LogP contribution in [-0.2, 0) is 0 Å². The normalized spacial score (nSPS) is 14.7. The SMILES string of the molecule is Cc1cnoc1C(=O)NC(C)CC(C)O. The summed E-state index contributed by atoms with van der Waals surface area (Å²) in [4.78, 5) is 11.6. The first kappa shape index (κ1) is 11.7. The molecule has 0 aromatic carbocycles. The van der Waals surface area contributed by atoms with E-state index < -0.39 is 6.10 Å². The predicted octanol–water partition coefficient (Wildman–Crippen LogP) is 0.872. The molecule has 5 heteroatoms. The number of aryl methyl sites for hydroxylation is 1. The highest BCUT2D eigenvalue weighted by Crippen LogP contribution is 2.06. The van der Waals surface area contributed by atoms with Crippen LogP contribution >= 0.6 is 0 Å². The Morgan fingerprint density at radius 2 is 2.33 bits per heavy atom. The van der Waals surface area contributed by atoms with Gasteiger partial charge in [-0.15, -0.1) is 0 Å². The number of aliphatic hydroxyl groups is 1. The van der Waals surface area contributed by atoms with Gasteiger partial charge < -0.3 is 14.9 Å². The van der Waals surface area contributed by atoms with Gasteiger partial charge in [-0.2, -0.15) is 0 Å². The number of nitrogens with one attached hydrogen (secondary N) is 1. The quantitative estimate of drug-likeness (QED) is 0.776. The van der Waals surface area contributed by atoms with E-state index in [1.807, 2.05) is 6.92 Å². The molecule has 2 atom stereocenters. The van der Waals surface area contributed by atoms with E-state index in [2.05, 4.69) is 10.5 Å². The average Bonchev–Trinajstić information content (AvgIpc) is 2.49.